The van der Waals surface area contributed by atoms with Gasteiger partial charge in [0.2, 0.25) is 0 Å². The summed E-state index contributed by atoms with van der Waals surface area (Å²) >= 11 is 9.37. The van der Waals surface area contributed by atoms with Crippen molar-refractivity contribution in [1.82, 2.24) is 10.3 Å². The maximum Gasteiger partial charge on any atom is 0.0542 e. The largest absolute Gasteiger partial charge is 0.303 e. The topological polar surface area (TPSA) is 24.9 Å². The van der Waals surface area contributed by atoms with E-state index in [4.69, 9.17) is 11.6 Å². The second-order valence-electron chi connectivity index (χ2n) is 3.97. The van der Waals surface area contributed by atoms with E-state index in [0.717, 1.165) is 10.2 Å². The van der Waals surface area contributed by atoms with Crippen molar-refractivity contribution in [2.24, 2.45) is 0 Å². The summed E-state index contributed by atoms with van der Waals surface area (Å²) in [7, 11) is 0. The lowest BCUT2D eigenvalue weighted by molar-refractivity contribution is 0.572. The number of aromatic nitrogens is 1. The maximum absolute atomic E-state index is 6.00. The lowest BCUT2D eigenvalue weighted by Gasteiger charge is -2.16. The Morgan fingerprint density at radius 3 is 2.56 bits per heavy atom. The van der Waals surface area contributed by atoms with E-state index in [1.54, 1.807) is 6.20 Å². The number of nitrogens with one attached hydrogen (secondary N) is 1. The molecule has 1 unspecified atom stereocenters. The second-order valence-corrected chi connectivity index (χ2v) is 5.19. The van der Waals surface area contributed by atoms with Crippen LogP contribution < -0.4 is 5.32 Å². The monoisotopic (exact) mass is 324 g/mol. The molecule has 2 rings (SSSR count). The summed E-state index contributed by atoms with van der Waals surface area (Å²) in [5.41, 5.74) is 2.20. The van der Waals surface area contributed by atoms with Gasteiger partial charge in [-0.15, -0.1) is 11.6 Å². The first kappa shape index (κ1) is 13.5. The zero-order chi connectivity index (χ0) is 12.8. The average Bonchev–Trinajstić information content (AvgIpc) is 2.43. The van der Waals surface area contributed by atoms with Crippen molar-refractivity contribution in [3.8, 4) is 0 Å². The van der Waals surface area contributed by atoms with Gasteiger partial charge >= 0.3 is 0 Å². The summed E-state index contributed by atoms with van der Waals surface area (Å²) in [4.78, 5) is 4.33. The number of hydrogen-bond donors (Lipinski definition) is 1. The Morgan fingerprint density at radius 1 is 1.17 bits per heavy atom. The summed E-state index contributed by atoms with van der Waals surface area (Å²) in [6.45, 7) is 0.708. The fourth-order valence-corrected chi connectivity index (χ4v) is 2.21. The van der Waals surface area contributed by atoms with Crippen molar-refractivity contribution in [1.29, 1.82) is 0 Å². The van der Waals surface area contributed by atoms with Crippen molar-refractivity contribution < 1.29 is 0 Å². The van der Waals surface area contributed by atoms with Gasteiger partial charge in [0.05, 0.1) is 5.69 Å². The van der Waals surface area contributed by atoms with Crippen molar-refractivity contribution >= 4 is 27.5 Å². The third kappa shape index (κ3) is 3.80. The van der Waals surface area contributed by atoms with E-state index in [9.17, 15) is 0 Å². The summed E-state index contributed by atoms with van der Waals surface area (Å²) in [6.07, 6.45) is 1.80. The number of benzene rings is 1. The molecule has 0 radical (unpaired) electrons. The minimum absolute atomic E-state index is 0.151. The number of alkyl halides is 1. The molecule has 1 heterocycles. The van der Waals surface area contributed by atoms with Crippen molar-refractivity contribution in [2.45, 2.75) is 12.6 Å². The van der Waals surface area contributed by atoms with E-state index in [-0.39, 0.29) is 6.04 Å². The van der Waals surface area contributed by atoms with E-state index in [1.807, 2.05) is 30.3 Å². The number of halogens is 2. The standard InChI is InChI=1S/C14H14BrClN2/c15-12-6-7-13(17-9-12)10-18-14(8-16)11-4-2-1-3-5-11/h1-7,9,14,18H,8,10H2. The van der Waals surface area contributed by atoms with Crippen LogP contribution >= 0.6 is 27.5 Å². The third-order valence-corrected chi connectivity index (χ3v) is 3.45. The van der Waals surface area contributed by atoms with Gasteiger partial charge in [0.15, 0.2) is 0 Å². The van der Waals surface area contributed by atoms with Crippen LogP contribution in [0.4, 0.5) is 0 Å². The van der Waals surface area contributed by atoms with Crippen LogP contribution in [0.3, 0.4) is 0 Å². The first-order valence-corrected chi connectivity index (χ1v) is 7.07. The van der Waals surface area contributed by atoms with E-state index in [1.165, 1.54) is 5.56 Å². The first-order valence-electron chi connectivity index (χ1n) is 5.74. The van der Waals surface area contributed by atoms with Crippen LogP contribution in [0.15, 0.2) is 53.1 Å². The molecule has 1 aromatic heterocycles. The number of nitrogens with zero attached hydrogens (tertiary/aromatic N) is 1. The summed E-state index contributed by atoms with van der Waals surface area (Å²) in [6, 6.07) is 14.3. The van der Waals surface area contributed by atoms with E-state index in [0.29, 0.717) is 12.4 Å². The van der Waals surface area contributed by atoms with Gasteiger partial charge in [-0.2, -0.15) is 0 Å². The quantitative estimate of drug-likeness (QED) is 0.843. The molecule has 0 fully saturated rings. The molecular formula is C14H14BrClN2. The van der Waals surface area contributed by atoms with Crippen LogP contribution in [0, 0.1) is 0 Å². The number of pyridine rings is 1. The lowest BCUT2D eigenvalue weighted by atomic mass is 10.1. The molecule has 94 valence electrons. The highest BCUT2D eigenvalue weighted by molar-refractivity contribution is 9.10. The molecule has 0 bridgehead atoms. The van der Waals surface area contributed by atoms with Crippen molar-refractivity contribution in [2.75, 3.05) is 5.88 Å². The normalized spacial score (nSPS) is 12.3. The summed E-state index contributed by atoms with van der Waals surface area (Å²) in [5.74, 6) is 0.542. The fraction of sp³-hybridized carbons (Fsp3) is 0.214. The molecule has 0 aliphatic rings. The van der Waals surface area contributed by atoms with Crippen LogP contribution in [-0.4, -0.2) is 10.9 Å². The van der Waals surface area contributed by atoms with Gasteiger partial charge in [-0.25, -0.2) is 0 Å². The molecule has 0 amide bonds. The Balaban J connectivity index is 1.97. The predicted molar refractivity (Wildman–Crippen MR) is 78.7 cm³/mol. The molecule has 2 aromatic rings. The highest BCUT2D eigenvalue weighted by atomic mass is 79.9. The minimum Gasteiger partial charge on any atom is -0.303 e. The molecule has 1 aromatic carbocycles. The van der Waals surface area contributed by atoms with Gasteiger partial charge in [0, 0.05) is 29.1 Å². The summed E-state index contributed by atoms with van der Waals surface area (Å²) < 4.78 is 0.989. The second kappa shape index (κ2) is 6.88. The molecule has 1 atom stereocenters. The van der Waals surface area contributed by atoms with E-state index in [2.05, 4.69) is 38.4 Å². The SMILES string of the molecule is ClCC(NCc1ccc(Br)cn1)c1ccccc1. The van der Waals surface area contributed by atoms with Gasteiger partial charge in [0.25, 0.3) is 0 Å². The molecule has 4 heteroatoms. The van der Waals surface area contributed by atoms with Crippen molar-refractivity contribution in [3.63, 3.8) is 0 Å². The maximum atomic E-state index is 6.00. The Labute approximate surface area is 121 Å². The molecule has 0 spiro atoms. The third-order valence-electron chi connectivity index (χ3n) is 2.67. The molecule has 18 heavy (non-hydrogen) atoms. The zero-order valence-electron chi connectivity index (χ0n) is 9.81. The van der Waals surface area contributed by atoms with Crippen molar-refractivity contribution in [3.05, 3.63) is 64.4 Å². The minimum atomic E-state index is 0.151. The van der Waals surface area contributed by atoms with Crippen LogP contribution in [0.2, 0.25) is 0 Å². The lowest BCUT2D eigenvalue weighted by Crippen LogP contribution is -2.22. The molecule has 1 N–H and O–H groups in total. The number of hydrogen-bond acceptors (Lipinski definition) is 2. The van der Waals surface area contributed by atoms with Gasteiger partial charge in [-0.05, 0) is 33.6 Å². The molecule has 2 nitrogen and oxygen atoms in total. The van der Waals surface area contributed by atoms with Gasteiger partial charge in [-0.3, -0.25) is 4.98 Å². The summed E-state index contributed by atoms with van der Waals surface area (Å²) in [5, 5.41) is 3.41. The van der Waals surface area contributed by atoms with E-state index < -0.39 is 0 Å². The molecule has 0 aliphatic heterocycles. The van der Waals surface area contributed by atoms with Crippen LogP contribution in [0.25, 0.3) is 0 Å². The fourth-order valence-electron chi connectivity index (χ4n) is 1.69. The van der Waals surface area contributed by atoms with Crippen LogP contribution in [0.5, 0.6) is 0 Å². The Bertz CT molecular complexity index is 473. The Hall–Kier alpha value is -0.900. The first-order chi connectivity index (χ1) is 8.79. The number of rotatable bonds is 5. The highest BCUT2D eigenvalue weighted by Crippen LogP contribution is 2.15. The zero-order valence-corrected chi connectivity index (χ0v) is 12.2. The highest BCUT2D eigenvalue weighted by Gasteiger charge is 2.09. The molecule has 0 saturated heterocycles. The average molecular weight is 326 g/mol. The molecule has 0 saturated carbocycles. The Kier molecular flexibility index (Phi) is 5.17. The van der Waals surface area contributed by atoms with Gasteiger partial charge in [-0.1, -0.05) is 30.3 Å². The van der Waals surface area contributed by atoms with Crippen LogP contribution in [0.1, 0.15) is 17.3 Å². The predicted octanol–water partition coefficient (Wildman–Crippen LogP) is 3.91. The molecular weight excluding hydrogens is 312 g/mol. The Morgan fingerprint density at radius 2 is 1.94 bits per heavy atom. The smallest absolute Gasteiger partial charge is 0.0542 e. The van der Waals surface area contributed by atoms with Gasteiger partial charge < -0.3 is 5.32 Å². The molecule has 0 aliphatic carbocycles. The van der Waals surface area contributed by atoms with E-state index >= 15 is 0 Å². The van der Waals surface area contributed by atoms with Gasteiger partial charge in [0.1, 0.15) is 0 Å². The van der Waals surface area contributed by atoms with Crippen LogP contribution in [-0.2, 0) is 6.54 Å².